The molecule has 3 aromatic rings. The predicted octanol–water partition coefficient (Wildman–Crippen LogP) is 4.40. The third-order valence-electron chi connectivity index (χ3n) is 4.31. The molecule has 0 atom stereocenters. The van der Waals surface area contributed by atoms with Crippen LogP contribution < -0.4 is 4.90 Å². The number of aryl methyl sites for hydroxylation is 1. The van der Waals surface area contributed by atoms with Crippen LogP contribution in [0.3, 0.4) is 0 Å². The molecule has 2 heterocycles. The van der Waals surface area contributed by atoms with Gasteiger partial charge in [-0.05, 0) is 52.0 Å². The van der Waals surface area contributed by atoms with E-state index in [0.29, 0.717) is 0 Å². The highest BCUT2D eigenvalue weighted by molar-refractivity contribution is 7.98. The number of anilines is 1. The highest BCUT2D eigenvalue weighted by atomic mass is 32.2. The van der Waals surface area contributed by atoms with Crippen LogP contribution in [0.2, 0.25) is 0 Å². The molecule has 2 aromatic heterocycles. The van der Waals surface area contributed by atoms with Crippen molar-refractivity contribution in [3.63, 3.8) is 0 Å². The molecule has 26 heavy (non-hydrogen) atoms. The number of rotatable bonds is 8. The molecular weight excluding hydrogens is 346 g/mol. The van der Waals surface area contributed by atoms with Crippen molar-refractivity contribution in [1.29, 1.82) is 0 Å². The molecule has 138 valence electrons. The second kappa shape index (κ2) is 8.40. The first-order valence-electron chi connectivity index (χ1n) is 8.99. The van der Waals surface area contributed by atoms with Gasteiger partial charge in [0.25, 0.3) is 0 Å². The summed E-state index contributed by atoms with van der Waals surface area (Å²) in [4.78, 5) is 2.33. The predicted molar refractivity (Wildman–Crippen MR) is 105 cm³/mol. The molecular formula is C19H25N5OS. The maximum absolute atomic E-state index is 5.12. The zero-order valence-corrected chi connectivity index (χ0v) is 16.6. The van der Waals surface area contributed by atoms with E-state index >= 15 is 0 Å². The number of aromatic nitrogens is 4. The Bertz CT molecular complexity index is 836. The van der Waals surface area contributed by atoms with E-state index < -0.39 is 0 Å². The highest BCUT2D eigenvalue weighted by Gasteiger charge is 2.14. The van der Waals surface area contributed by atoms with Crippen molar-refractivity contribution in [3.05, 3.63) is 41.8 Å². The lowest BCUT2D eigenvalue weighted by Crippen LogP contribution is -2.21. The van der Waals surface area contributed by atoms with Crippen LogP contribution in [0, 0.1) is 6.92 Å². The molecule has 0 fully saturated rings. The average Bonchev–Trinajstić information content (AvgIpc) is 3.27. The Morgan fingerprint density at radius 3 is 2.38 bits per heavy atom. The Balaban J connectivity index is 1.79. The molecule has 1 aromatic carbocycles. The van der Waals surface area contributed by atoms with Crippen LogP contribution >= 0.6 is 11.8 Å². The fourth-order valence-electron chi connectivity index (χ4n) is 2.93. The summed E-state index contributed by atoms with van der Waals surface area (Å²) < 4.78 is 7.27. The van der Waals surface area contributed by atoms with E-state index in [1.807, 2.05) is 13.0 Å². The zero-order chi connectivity index (χ0) is 18.5. The van der Waals surface area contributed by atoms with E-state index in [0.717, 1.165) is 53.4 Å². The van der Waals surface area contributed by atoms with Gasteiger partial charge in [-0.1, -0.05) is 16.9 Å². The van der Waals surface area contributed by atoms with Crippen molar-refractivity contribution in [2.75, 3.05) is 18.0 Å². The maximum Gasteiger partial charge on any atom is 0.191 e. The molecule has 0 aliphatic carbocycles. The first kappa shape index (κ1) is 18.5. The van der Waals surface area contributed by atoms with E-state index in [4.69, 9.17) is 4.52 Å². The fraction of sp³-hybridized carbons (Fsp3) is 0.421. The normalized spacial score (nSPS) is 11.1. The van der Waals surface area contributed by atoms with Crippen LogP contribution in [-0.2, 0) is 12.3 Å². The standard InChI is InChI=1S/C19H25N5OS/c1-5-23(6-2)17-10-8-15(9-11-17)18-20-21-19(24(18)7-3)26-13-16-12-14(4)25-22-16/h8-12H,5-7,13H2,1-4H3. The van der Waals surface area contributed by atoms with Crippen LogP contribution in [0.15, 0.2) is 40.0 Å². The summed E-state index contributed by atoms with van der Waals surface area (Å²) in [6.45, 7) is 11.2. The Labute approximate surface area is 158 Å². The minimum atomic E-state index is 0.719. The van der Waals surface area contributed by atoms with Gasteiger partial charge in [0.2, 0.25) is 0 Å². The van der Waals surface area contributed by atoms with Crippen molar-refractivity contribution in [1.82, 2.24) is 19.9 Å². The van der Waals surface area contributed by atoms with E-state index in [-0.39, 0.29) is 0 Å². The van der Waals surface area contributed by atoms with Gasteiger partial charge in [-0.2, -0.15) is 0 Å². The van der Waals surface area contributed by atoms with Gasteiger partial charge in [0.05, 0.1) is 5.69 Å². The molecule has 3 rings (SSSR count). The minimum Gasteiger partial charge on any atom is -0.372 e. The molecule has 0 aliphatic rings. The Kier molecular flexibility index (Phi) is 5.98. The Morgan fingerprint density at radius 2 is 1.81 bits per heavy atom. The first-order chi connectivity index (χ1) is 12.7. The van der Waals surface area contributed by atoms with Crippen molar-refractivity contribution in [2.45, 2.75) is 45.1 Å². The van der Waals surface area contributed by atoms with Crippen molar-refractivity contribution in [2.24, 2.45) is 0 Å². The van der Waals surface area contributed by atoms with E-state index in [1.54, 1.807) is 11.8 Å². The Morgan fingerprint density at radius 1 is 1.08 bits per heavy atom. The summed E-state index contributed by atoms with van der Waals surface area (Å²) >= 11 is 1.63. The molecule has 0 saturated carbocycles. The van der Waals surface area contributed by atoms with Crippen LogP contribution in [0.5, 0.6) is 0 Å². The summed E-state index contributed by atoms with van der Waals surface area (Å²) in [6, 6.07) is 10.5. The number of benzene rings is 1. The lowest BCUT2D eigenvalue weighted by Gasteiger charge is -2.21. The third-order valence-corrected chi connectivity index (χ3v) is 5.31. The van der Waals surface area contributed by atoms with Gasteiger partial charge in [-0.15, -0.1) is 10.2 Å². The van der Waals surface area contributed by atoms with Crippen LogP contribution in [0.25, 0.3) is 11.4 Å². The van der Waals surface area contributed by atoms with E-state index in [9.17, 15) is 0 Å². The molecule has 0 bridgehead atoms. The smallest absolute Gasteiger partial charge is 0.191 e. The maximum atomic E-state index is 5.12. The van der Waals surface area contributed by atoms with Gasteiger partial charge < -0.3 is 14.0 Å². The largest absolute Gasteiger partial charge is 0.372 e. The second-order valence-corrected chi connectivity index (χ2v) is 6.93. The molecule has 6 nitrogen and oxygen atoms in total. The van der Waals surface area contributed by atoms with Gasteiger partial charge in [0, 0.05) is 42.7 Å². The monoisotopic (exact) mass is 371 g/mol. The molecule has 0 aliphatic heterocycles. The molecule has 7 heteroatoms. The van der Waals surface area contributed by atoms with Crippen molar-refractivity contribution >= 4 is 17.4 Å². The van der Waals surface area contributed by atoms with Crippen LogP contribution in [0.4, 0.5) is 5.69 Å². The SMILES string of the molecule is CCN(CC)c1ccc(-c2nnc(SCc3cc(C)on3)n2CC)cc1. The van der Waals surface area contributed by atoms with E-state index in [2.05, 4.69) is 69.9 Å². The molecule has 0 amide bonds. The molecule has 0 radical (unpaired) electrons. The van der Waals surface area contributed by atoms with Gasteiger partial charge in [0.15, 0.2) is 11.0 Å². The number of nitrogens with zero attached hydrogens (tertiary/aromatic N) is 5. The first-order valence-corrected chi connectivity index (χ1v) is 9.98. The topological polar surface area (TPSA) is 60.0 Å². The van der Waals surface area contributed by atoms with Gasteiger partial charge >= 0.3 is 0 Å². The summed E-state index contributed by atoms with van der Waals surface area (Å²) in [5.74, 6) is 2.44. The van der Waals surface area contributed by atoms with Gasteiger partial charge in [-0.25, -0.2) is 0 Å². The lowest BCUT2D eigenvalue weighted by molar-refractivity contribution is 0.393. The van der Waals surface area contributed by atoms with Crippen LogP contribution in [0.1, 0.15) is 32.2 Å². The van der Waals surface area contributed by atoms with Gasteiger partial charge in [0.1, 0.15) is 5.76 Å². The minimum absolute atomic E-state index is 0.719. The van der Waals surface area contributed by atoms with Crippen LogP contribution in [-0.4, -0.2) is 33.0 Å². The van der Waals surface area contributed by atoms with Gasteiger partial charge in [-0.3, -0.25) is 0 Å². The third kappa shape index (κ3) is 3.93. The van der Waals surface area contributed by atoms with Crippen molar-refractivity contribution in [3.8, 4) is 11.4 Å². The van der Waals surface area contributed by atoms with E-state index in [1.165, 1.54) is 5.69 Å². The fourth-order valence-corrected chi connectivity index (χ4v) is 3.81. The quantitative estimate of drug-likeness (QED) is 0.547. The number of hydrogen-bond acceptors (Lipinski definition) is 6. The Hall–Kier alpha value is -2.28. The lowest BCUT2D eigenvalue weighted by atomic mass is 10.2. The summed E-state index contributed by atoms with van der Waals surface area (Å²) in [5, 5.41) is 13.7. The summed E-state index contributed by atoms with van der Waals surface area (Å²) in [6.07, 6.45) is 0. The zero-order valence-electron chi connectivity index (χ0n) is 15.8. The molecule has 0 unspecified atom stereocenters. The molecule has 0 N–H and O–H groups in total. The average molecular weight is 372 g/mol. The summed E-state index contributed by atoms with van der Waals surface area (Å²) in [7, 11) is 0. The molecule has 0 spiro atoms. The second-order valence-electron chi connectivity index (χ2n) is 5.99. The molecule has 0 saturated heterocycles. The summed E-state index contributed by atoms with van der Waals surface area (Å²) in [5.41, 5.74) is 3.24. The number of thioether (sulfide) groups is 1. The van der Waals surface area contributed by atoms with Crippen molar-refractivity contribution < 1.29 is 4.52 Å². The highest BCUT2D eigenvalue weighted by Crippen LogP contribution is 2.27. The number of hydrogen-bond donors (Lipinski definition) is 0.